The number of rotatable bonds is 2. The summed E-state index contributed by atoms with van der Waals surface area (Å²) in [5.74, 6) is 0.853. The molecule has 78 valence electrons. The Balaban J connectivity index is 2.68. The smallest absolute Gasteiger partial charge is 0.223 e. The van der Waals surface area contributed by atoms with Crippen molar-refractivity contribution >= 4 is 23.4 Å². The van der Waals surface area contributed by atoms with Crippen LogP contribution in [0, 0.1) is 5.41 Å². The van der Waals surface area contributed by atoms with Gasteiger partial charge in [-0.3, -0.25) is 0 Å². The molecule has 3 N–H and O–H groups in total. The Morgan fingerprint density at radius 2 is 2.07 bits per heavy atom. The lowest BCUT2D eigenvalue weighted by molar-refractivity contribution is 0.442. The summed E-state index contributed by atoms with van der Waals surface area (Å²) in [5.41, 5.74) is 5.64. The monoisotopic (exact) mass is 214 g/mol. The number of nitrogens with two attached hydrogens (primary N) is 1. The van der Waals surface area contributed by atoms with Crippen LogP contribution in [0.15, 0.2) is 6.07 Å². The van der Waals surface area contributed by atoms with Crippen molar-refractivity contribution in [1.29, 1.82) is 0 Å². The molecule has 1 heterocycles. The van der Waals surface area contributed by atoms with E-state index in [4.69, 9.17) is 17.3 Å². The maximum absolute atomic E-state index is 5.73. The van der Waals surface area contributed by atoms with Crippen molar-refractivity contribution in [3.8, 4) is 0 Å². The van der Waals surface area contributed by atoms with Gasteiger partial charge in [-0.05, 0) is 5.41 Å². The summed E-state index contributed by atoms with van der Waals surface area (Å²) in [6.45, 7) is 7.20. The Kier molecular flexibility index (Phi) is 3.16. The van der Waals surface area contributed by atoms with Gasteiger partial charge in [0.25, 0.3) is 0 Å². The van der Waals surface area contributed by atoms with Crippen LogP contribution in [0.2, 0.25) is 5.15 Å². The molecule has 0 bridgehead atoms. The van der Waals surface area contributed by atoms with E-state index in [2.05, 4.69) is 36.1 Å². The zero-order chi connectivity index (χ0) is 10.8. The van der Waals surface area contributed by atoms with E-state index in [9.17, 15) is 0 Å². The molecule has 0 aliphatic rings. The second kappa shape index (κ2) is 4.00. The quantitative estimate of drug-likeness (QED) is 0.741. The molecule has 1 rings (SSSR count). The largest absolute Gasteiger partial charge is 0.369 e. The van der Waals surface area contributed by atoms with Crippen LogP contribution in [0.25, 0.3) is 0 Å². The molecule has 14 heavy (non-hydrogen) atoms. The minimum atomic E-state index is 0.187. The third kappa shape index (κ3) is 3.79. The van der Waals surface area contributed by atoms with Gasteiger partial charge < -0.3 is 11.1 Å². The summed E-state index contributed by atoms with van der Waals surface area (Å²) in [7, 11) is 0. The summed E-state index contributed by atoms with van der Waals surface area (Å²) in [6, 6.07) is 1.66. The molecule has 0 fully saturated rings. The summed E-state index contributed by atoms with van der Waals surface area (Å²) in [6.07, 6.45) is 0. The number of hydrogen-bond acceptors (Lipinski definition) is 4. The van der Waals surface area contributed by atoms with Gasteiger partial charge in [-0.25, -0.2) is 4.98 Å². The molecule has 0 aromatic carbocycles. The first kappa shape index (κ1) is 11.0. The topological polar surface area (TPSA) is 63.8 Å². The summed E-state index contributed by atoms with van der Waals surface area (Å²) >= 11 is 5.73. The Morgan fingerprint density at radius 1 is 1.43 bits per heavy atom. The highest BCUT2D eigenvalue weighted by Gasteiger charge is 2.10. The predicted molar refractivity (Wildman–Crippen MR) is 59.4 cm³/mol. The van der Waals surface area contributed by atoms with Gasteiger partial charge in [0.05, 0.1) is 0 Å². The van der Waals surface area contributed by atoms with E-state index < -0.39 is 0 Å². The van der Waals surface area contributed by atoms with Gasteiger partial charge in [-0.1, -0.05) is 32.4 Å². The molecular weight excluding hydrogens is 200 g/mol. The highest BCUT2D eigenvalue weighted by molar-refractivity contribution is 6.29. The van der Waals surface area contributed by atoms with Crippen LogP contribution in [-0.2, 0) is 0 Å². The molecule has 0 amide bonds. The molecule has 0 aliphatic heterocycles. The number of hydrogen-bond donors (Lipinski definition) is 2. The SMILES string of the molecule is CC(C)(C)CNc1cc(Cl)nc(N)n1. The standard InChI is InChI=1S/C9H15ClN4/c1-9(2,3)5-12-7-4-6(10)13-8(11)14-7/h4H,5H2,1-3H3,(H3,11,12,13,14). The number of aromatic nitrogens is 2. The lowest BCUT2D eigenvalue weighted by atomic mass is 9.97. The number of nitrogen functional groups attached to an aromatic ring is 1. The van der Waals surface area contributed by atoms with E-state index >= 15 is 0 Å². The van der Waals surface area contributed by atoms with Crippen LogP contribution in [0.3, 0.4) is 0 Å². The zero-order valence-corrected chi connectivity index (χ0v) is 9.39. The molecule has 0 atom stereocenters. The van der Waals surface area contributed by atoms with Crippen LogP contribution in [0.1, 0.15) is 20.8 Å². The van der Waals surface area contributed by atoms with Crippen molar-refractivity contribution in [2.24, 2.45) is 5.41 Å². The normalized spacial score (nSPS) is 11.4. The first-order valence-electron chi connectivity index (χ1n) is 4.41. The van der Waals surface area contributed by atoms with E-state index in [0.29, 0.717) is 11.0 Å². The molecule has 0 unspecified atom stereocenters. The van der Waals surface area contributed by atoms with Crippen LogP contribution in [0.5, 0.6) is 0 Å². The number of halogens is 1. The van der Waals surface area contributed by atoms with Crippen molar-refractivity contribution in [3.63, 3.8) is 0 Å². The molecule has 0 saturated heterocycles. The average molecular weight is 215 g/mol. The minimum absolute atomic E-state index is 0.187. The summed E-state index contributed by atoms with van der Waals surface area (Å²) in [5, 5.41) is 3.51. The average Bonchev–Trinajstić information content (AvgIpc) is 1.97. The van der Waals surface area contributed by atoms with Crippen molar-refractivity contribution in [2.75, 3.05) is 17.6 Å². The van der Waals surface area contributed by atoms with Crippen molar-refractivity contribution in [3.05, 3.63) is 11.2 Å². The van der Waals surface area contributed by atoms with Gasteiger partial charge in [-0.15, -0.1) is 0 Å². The highest BCUT2D eigenvalue weighted by atomic mass is 35.5. The van der Waals surface area contributed by atoms with Gasteiger partial charge in [0.1, 0.15) is 11.0 Å². The van der Waals surface area contributed by atoms with E-state index in [0.717, 1.165) is 6.54 Å². The third-order valence-electron chi connectivity index (χ3n) is 1.51. The second-order valence-electron chi connectivity index (χ2n) is 4.35. The van der Waals surface area contributed by atoms with E-state index in [-0.39, 0.29) is 11.4 Å². The number of anilines is 2. The lowest BCUT2D eigenvalue weighted by Gasteiger charge is -2.19. The van der Waals surface area contributed by atoms with Gasteiger partial charge in [0.2, 0.25) is 5.95 Å². The van der Waals surface area contributed by atoms with Gasteiger partial charge in [-0.2, -0.15) is 4.98 Å². The van der Waals surface area contributed by atoms with Crippen molar-refractivity contribution < 1.29 is 0 Å². The molecule has 1 aromatic rings. The lowest BCUT2D eigenvalue weighted by Crippen LogP contribution is -2.19. The van der Waals surface area contributed by atoms with Crippen LogP contribution in [-0.4, -0.2) is 16.5 Å². The molecule has 0 spiro atoms. The zero-order valence-electron chi connectivity index (χ0n) is 8.63. The maximum Gasteiger partial charge on any atom is 0.223 e. The molecular formula is C9H15ClN4. The highest BCUT2D eigenvalue weighted by Crippen LogP contribution is 2.16. The second-order valence-corrected chi connectivity index (χ2v) is 4.74. The minimum Gasteiger partial charge on any atom is -0.369 e. The molecule has 0 saturated carbocycles. The molecule has 0 aliphatic carbocycles. The van der Waals surface area contributed by atoms with Gasteiger partial charge >= 0.3 is 0 Å². The number of nitrogens with one attached hydrogen (secondary N) is 1. The fourth-order valence-corrected chi connectivity index (χ4v) is 1.07. The Labute approximate surface area is 88.9 Å². The number of nitrogens with zero attached hydrogens (tertiary/aromatic N) is 2. The van der Waals surface area contributed by atoms with Crippen LogP contribution in [0.4, 0.5) is 11.8 Å². The molecule has 0 radical (unpaired) electrons. The fourth-order valence-electron chi connectivity index (χ4n) is 0.881. The van der Waals surface area contributed by atoms with Gasteiger partial charge in [0, 0.05) is 12.6 Å². The fraction of sp³-hybridized carbons (Fsp3) is 0.556. The van der Waals surface area contributed by atoms with Crippen LogP contribution < -0.4 is 11.1 Å². The molecule has 1 aromatic heterocycles. The molecule has 5 heteroatoms. The first-order chi connectivity index (χ1) is 6.37. The van der Waals surface area contributed by atoms with E-state index in [1.165, 1.54) is 0 Å². The Hall–Kier alpha value is -1.03. The first-order valence-corrected chi connectivity index (χ1v) is 4.78. The maximum atomic E-state index is 5.73. The van der Waals surface area contributed by atoms with Crippen LogP contribution >= 0.6 is 11.6 Å². The summed E-state index contributed by atoms with van der Waals surface area (Å²) < 4.78 is 0. The molecule has 4 nitrogen and oxygen atoms in total. The van der Waals surface area contributed by atoms with Crippen molar-refractivity contribution in [1.82, 2.24) is 9.97 Å². The van der Waals surface area contributed by atoms with Gasteiger partial charge in [0.15, 0.2) is 0 Å². The van der Waals surface area contributed by atoms with E-state index in [1.807, 2.05) is 0 Å². The van der Waals surface area contributed by atoms with E-state index in [1.54, 1.807) is 6.07 Å². The van der Waals surface area contributed by atoms with Crippen molar-refractivity contribution in [2.45, 2.75) is 20.8 Å². The predicted octanol–water partition coefficient (Wildman–Crippen LogP) is 2.17. The summed E-state index contributed by atoms with van der Waals surface area (Å²) in [4.78, 5) is 7.78. The third-order valence-corrected chi connectivity index (χ3v) is 1.71. The Morgan fingerprint density at radius 3 is 2.57 bits per heavy atom. The Bertz CT molecular complexity index is 299.